The molecule has 0 bridgehead atoms. The molecule has 0 N–H and O–H groups in total. The standard InChI is InChI=1S/C14H20O/c1-5-6-14-7-13(3,4)10-9(11(10)14)12(15)8(14)2/h5,8-11H,1,6-7H2,2-4H3. The minimum absolute atomic E-state index is 0.281. The van der Waals surface area contributed by atoms with Crippen molar-refractivity contribution in [3.63, 3.8) is 0 Å². The van der Waals surface area contributed by atoms with E-state index in [2.05, 4.69) is 27.4 Å². The largest absolute Gasteiger partial charge is 0.299 e. The van der Waals surface area contributed by atoms with Crippen LogP contribution in [0.1, 0.15) is 33.6 Å². The Morgan fingerprint density at radius 3 is 2.73 bits per heavy atom. The van der Waals surface area contributed by atoms with Crippen LogP contribution in [-0.2, 0) is 4.79 Å². The van der Waals surface area contributed by atoms with E-state index in [4.69, 9.17) is 0 Å². The highest BCUT2D eigenvalue weighted by atomic mass is 16.1. The Hall–Kier alpha value is -0.590. The average molecular weight is 204 g/mol. The molecule has 3 rings (SSSR count). The van der Waals surface area contributed by atoms with Crippen molar-refractivity contribution < 1.29 is 4.79 Å². The molecule has 0 saturated heterocycles. The number of allylic oxidation sites excluding steroid dienone is 1. The number of Topliss-reactive ketones (excluding diaryl/α,β-unsaturated/α-hetero) is 1. The molecule has 0 aliphatic heterocycles. The highest BCUT2D eigenvalue weighted by molar-refractivity contribution is 5.91. The van der Waals surface area contributed by atoms with E-state index in [0.717, 1.165) is 6.42 Å². The molecule has 3 aliphatic rings. The van der Waals surface area contributed by atoms with E-state index in [1.54, 1.807) is 0 Å². The summed E-state index contributed by atoms with van der Waals surface area (Å²) in [5, 5.41) is 0. The van der Waals surface area contributed by atoms with E-state index in [0.29, 0.717) is 29.0 Å². The fraction of sp³-hybridized carbons (Fsp3) is 0.786. The molecule has 82 valence electrons. The Kier molecular flexibility index (Phi) is 1.53. The van der Waals surface area contributed by atoms with Crippen LogP contribution >= 0.6 is 0 Å². The molecule has 5 unspecified atom stereocenters. The number of ketones is 1. The number of carbonyl (C=O) groups excluding carboxylic acids is 1. The van der Waals surface area contributed by atoms with Crippen LogP contribution in [0.4, 0.5) is 0 Å². The number of hydrogen-bond acceptors (Lipinski definition) is 1. The lowest BCUT2D eigenvalue weighted by molar-refractivity contribution is -0.124. The molecule has 1 nitrogen and oxygen atoms in total. The molecule has 0 heterocycles. The Labute approximate surface area is 91.9 Å². The third-order valence-corrected chi connectivity index (χ3v) is 5.51. The summed E-state index contributed by atoms with van der Waals surface area (Å²) >= 11 is 0. The van der Waals surface area contributed by atoms with Gasteiger partial charge in [-0.05, 0) is 35.5 Å². The van der Waals surface area contributed by atoms with Gasteiger partial charge in [-0.25, -0.2) is 0 Å². The number of rotatable bonds is 2. The zero-order valence-electron chi connectivity index (χ0n) is 9.92. The zero-order chi connectivity index (χ0) is 11.0. The van der Waals surface area contributed by atoms with Crippen molar-refractivity contribution in [3.05, 3.63) is 12.7 Å². The normalized spacial score (nSPS) is 54.2. The van der Waals surface area contributed by atoms with Gasteiger partial charge < -0.3 is 0 Å². The third kappa shape index (κ3) is 0.847. The lowest BCUT2D eigenvalue weighted by atomic mass is 9.70. The summed E-state index contributed by atoms with van der Waals surface area (Å²) in [6.45, 7) is 10.7. The molecule has 0 spiro atoms. The summed E-state index contributed by atoms with van der Waals surface area (Å²) in [5.74, 6) is 2.65. The van der Waals surface area contributed by atoms with Gasteiger partial charge in [0.25, 0.3) is 0 Å². The number of hydrogen-bond donors (Lipinski definition) is 0. The predicted molar refractivity (Wildman–Crippen MR) is 60.3 cm³/mol. The predicted octanol–water partition coefficient (Wildman–Crippen LogP) is 3.06. The second-order valence-electron chi connectivity index (χ2n) is 6.59. The summed E-state index contributed by atoms with van der Waals surface area (Å²) in [5.41, 5.74) is 0.677. The zero-order valence-corrected chi connectivity index (χ0v) is 9.92. The van der Waals surface area contributed by atoms with Crippen LogP contribution in [0.15, 0.2) is 12.7 Å². The highest BCUT2D eigenvalue weighted by Crippen LogP contribution is 2.81. The molecule has 3 fully saturated rings. The first-order valence-electron chi connectivity index (χ1n) is 6.10. The molecule has 0 aromatic rings. The smallest absolute Gasteiger partial charge is 0.139 e. The topological polar surface area (TPSA) is 17.1 Å². The van der Waals surface area contributed by atoms with E-state index in [1.807, 2.05) is 6.08 Å². The van der Waals surface area contributed by atoms with Crippen molar-refractivity contribution in [2.24, 2.45) is 34.5 Å². The summed E-state index contributed by atoms with van der Waals surface area (Å²) in [6.07, 6.45) is 4.30. The van der Waals surface area contributed by atoms with E-state index >= 15 is 0 Å². The second-order valence-corrected chi connectivity index (χ2v) is 6.59. The van der Waals surface area contributed by atoms with Gasteiger partial charge in [0, 0.05) is 11.8 Å². The fourth-order valence-corrected chi connectivity index (χ4v) is 5.10. The minimum Gasteiger partial charge on any atom is -0.299 e. The maximum atomic E-state index is 12.1. The van der Waals surface area contributed by atoms with Crippen molar-refractivity contribution in [3.8, 4) is 0 Å². The van der Waals surface area contributed by atoms with Gasteiger partial charge in [0.1, 0.15) is 5.78 Å². The lowest BCUT2D eigenvalue weighted by Crippen LogP contribution is -2.28. The Morgan fingerprint density at radius 2 is 2.13 bits per heavy atom. The Bertz CT molecular complexity index is 354. The molecule has 1 heteroatoms. The molecule has 0 aromatic heterocycles. The molecule has 0 radical (unpaired) electrons. The average Bonchev–Trinajstić information content (AvgIpc) is 2.81. The summed E-state index contributed by atoms with van der Waals surface area (Å²) in [6, 6.07) is 0. The van der Waals surface area contributed by atoms with E-state index in [-0.39, 0.29) is 11.3 Å². The van der Waals surface area contributed by atoms with Gasteiger partial charge in [-0.1, -0.05) is 26.8 Å². The van der Waals surface area contributed by atoms with Crippen LogP contribution in [0.5, 0.6) is 0 Å². The number of fused-ring (bicyclic) bond motifs is 1. The lowest BCUT2D eigenvalue weighted by Gasteiger charge is -2.33. The molecule has 0 amide bonds. The summed E-state index contributed by atoms with van der Waals surface area (Å²) in [4.78, 5) is 12.1. The van der Waals surface area contributed by atoms with Crippen LogP contribution < -0.4 is 0 Å². The van der Waals surface area contributed by atoms with Crippen molar-refractivity contribution in [1.82, 2.24) is 0 Å². The van der Waals surface area contributed by atoms with Gasteiger partial charge in [-0.15, -0.1) is 6.58 Å². The summed E-state index contributed by atoms with van der Waals surface area (Å²) < 4.78 is 0. The van der Waals surface area contributed by atoms with Crippen molar-refractivity contribution in [2.45, 2.75) is 33.6 Å². The molecular formula is C14H20O. The summed E-state index contributed by atoms with van der Waals surface area (Å²) in [7, 11) is 0. The molecule has 5 atom stereocenters. The molecular weight excluding hydrogens is 184 g/mol. The van der Waals surface area contributed by atoms with Gasteiger partial charge in [0.2, 0.25) is 0 Å². The first-order chi connectivity index (χ1) is 6.96. The van der Waals surface area contributed by atoms with Gasteiger partial charge in [-0.3, -0.25) is 4.79 Å². The highest BCUT2D eigenvalue weighted by Gasteiger charge is 2.80. The van der Waals surface area contributed by atoms with Crippen LogP contribution in [0.25, 0.3) is 0 Å². The fourth-order valence-electron chi connectivity index (χ4n) is 5.10. The maximum Gasteiger partial charge on any atom is 0.139 e. The minimum atomic E-state index is 0.281. The SMILES string of the molecule is C=CCC12CC(C)(C)C3C(C(=O)C1C)C32. The maximum absolute atomic E-state index is 12.1. The second kappa shape index (κ2) is 2.39. The van der Waals surface area contributed by atoms with E-state index in [1.165, 1.54) is 6.42 Å². The van der Waals surface area contributed by atoms with Crippen LogP contribution in [0.2, 0.25) is 0 Å². The Balaban J connectivity index is 2.06. The van der Waals surface area contributed by atoms with Crippen molar-refractivity contribution >= 4 is 5.78 Å². The molecule has 3 saturated carbocycles. The van der Waals surface area contributed by atoms with Gasteiger partial charge in [-0.2, -0.15) is 0 Å². The van der Waals surface area contributed by atoms with Crippen molar-refractivity contribution in [1.29, 1.82) is 0 Å². The Morgan fingerprint density at radius 1 is 1.47 bits per heavy atom. The number of carbonyl (C=O) groups is 1. The van der Waals surface area contributed by atoms with E-state index in [9.17, 15) is 4.79 Å². The first kappa shape index (κ1) is 9.62. The first-order valence-corrected chi connectivity index (χ1v) is 6.10. The molecule has 3 aliphatic carbocycles. The van der Waals surface area contributed by atoms with Gasteiger partial charge >= 0.3 is 0 Å². The van der Waals surface area contributed by atoms with E-state index < -0.39 is 0 Å². The third-order valence-electron chi connectivity index (χ3n) is 5.51. The van der Waals surface area contributed by atoms with Crippen LogP contribution in [0, 0.1) is 34.5 Å². The quantitative estimate of drug-likeness (QED) is 0.632. The van der Waals surface area contributed by atoms with Crippen LogP contribution in [0.3, 0.4) is 0 Å². The van der Waals surface area contributed by atoms with Crippen LogP contribution in [-0.4, -0.2) is 5.78 Å². The van der Waals surface area contributed by atoms with Crippen molar-refractivity contribution in [2.75, 3.05) is 0 Å². The van der Waals surface area contributed by atoms with Gasteiger partial charge in [0.05, 0.1) is 0 Å². The molecule has 15 heavy (non-hydrogen) atoms. The monoisotopic (exact) mass is 204 g/mol. The molecule has 0 aromatic carbocycles. The van der Waals surface area contributed by atoms with Gasteiger partial charge in [0.15, 0.2) is 0 Å².